The predicted octanol–water partition coefficient (Wildman–Crippen LogP) is 1.21. The maximum Gasteiger partial charge on any atom is 0.260 e. The van der Waals surface area contributed by atoms with E-state index in [0.29, 0.717) is 17.9 Å². The zero-order chi connectivity index (χ0) is 14.6. The molecule has 1 aromatic carbocycles. The number of aliphatic hydroxyl groups excluding tert-OH is 1. The summed E-state index contributed by atoms with van der Waals surface area (Å²) in [6.45, 7) is 2.24. The Bertz CT molecular complexity index is 532. The summed E-state index contributed by atoms with van der Waals surface area (Å²) in [6, 6.07) is 8.72. The molecule has 1 saturated carbocycles. The summed E-state index contributed by atoms with van der Waals surface area (Å²) in [5.74, 6) is 0.280. The van der Waals surface area contributed by atoms with Gasteiger partial charge in [0.2, 0.25) is 0 Å². The van der Waals surface area contributed by atoms with Gasteiger partial charge in [-0.2, -0.15) is 5.26 Å². The molecule has 0 saturated heterocycles. The number of hydrogen-bond acceptors (Lipinski definition) is 4. The topological polar surface area (TPSA) is 82.3 Å². The summed E-state index contributed by atoms with van der Waals surface area (Å²) in [7, 11) is 0. The first-order valence-corrected chi connectivity index (χ1v) is 6.64. The van der Waals surface area contributed by atoms with Crippen molar-refractivity contribution in [2.24, 2.45) is 5.41 Å². The number of aliphatic hydroxyl groups is 1. The first-order valence-electron chi connectivity index (χ1n) is 6.64. The molecule has 0 aromatic heterocycles. The maximum absolute atomic E-state index is 11.9. The fraction of sp³-hybridized carbons (Fsp3) is 0.467. The number of ether oxygens (including phenoxy) is 1. The summed E-state index contributed by atoms with van der Waals surface area (Å²) < 4.78 is 5.51. The Morgan fingerprint density at radius 3 is 2.95 bits per heavy atom. The Kier molecular flexibility index (Phi) is 4.26. The highest BCUT2D eigenvalue weighted by atomic mass is 16.5. The zero-order valence-corrected chi connectivity index (χ0v) is 11.4. The van der Waals surface area contributed by atoms with Crippen LogP contribution < -0.4 is 10.1 Å². The van der Waals surface area contributed by atoms with Crippen LogP contribution >= 0.6 is 0 Å². The van der Waals surface area contributed by atoms with Gasteiger partial charge < -0.3 is 15.2 Å². The second-order valence-corrected chi connectivity index (χ2v) is 5.28. The van der Waals surface area contributed by atoms with E-state index in [4.69, 9.17) is 10.00 Å². The molecule has 1 atom stereocenters. The normalized spacial score (nSPS) is 16.9. The summed E-state index contributed by atoms with van der Waals surface area (Å²) in [5, 5.41) is 20.8. The molecule has 5 heteroatoms. The van der Waals surface area contributed by atoms with Crippen molar-refractivity contribution >= 4 is 5.91 Å². The monoisotopic (exact) mass is 274 g/mol. The molecule has 0 spiro atoms. The Morgan fingerprint density at radius 1 is 1.60 bits per heavy atom. The van der Waals surface area contributed by atoms with Gasteiger partial charge in [-0.25, -0.2) is 0 Å². The maximum atomic E-state index is 11.9. The highest BCUT2D eigenvalue weighted by Gasteiger charge is 2.42. The molecular formula is C15H18N2O3. The van der Waals surface area contributed by atoms with Gasteiger partial charge in [-0.15, -0.1) is 0 Å². The van der Waals surface area contributed by atoms with Crippen molar-refractivity contribution in [3.05, 3.63) is 29.8 Å². The standard InChI is InChI=1S/C15H18N2O3/c1-11(14(19)17-9-15(10-18)5-6-15)20-13-4-2-3-12(7-13)8-16/h2-4,7,11,18H,5-6,9-10H2,1H3,(H,17,19). The van der Waals surface area contributed by atoms with Crippen LogP contribution in [0.2, 0.25) is 0 Å². The van der Waals surface area contributed by atoms with E-state index in [2.05, 4.69) is 5.32 Å². The van der Waals surface area contributed by atoms with Gasteiger partial charge in [0.05, 0.1) is 18.2 Å². The average Bonchev–Trinajstić information content (AvgIpc) is 3.25. The van der Waals surface area contributed by atoms with Crippen LogP contribution in [-0.2, 0) is 4.79 Å². The van der Waals surface area contributed by atoms with E-state index in [1.807, 2.05) is 6.07 Å². The van der Waals surface area contributed by atoms with Crippen LogP contribution in [0.15, 0.2) is 24.3 Å². The largest absolute Gasteiger partial charge is 0.481 e. The molecule has 2 rings (SSSR count). The summed E-state index contributed by atoms with van der Waals surface area (Å²) in [6.07, 6.45) is 1.25. The molecule has 106 valence electrons. The second-order valence-electron chi connectivity index (χ2n) is 5.28. The van der Waals surface area contributed by atoms with Gasteiger partial charge >= 0.3 is 0 Å². The number of nitriles is 1. The third-order valence-electron chi connectivity index (χ3n) is 3.58. The molecule has 0 radical (unpaired) electrons. The van der Waals surface area contributed by atoms with Gasteiger partial charge in [0.1, 0.15) is 5.75 Å². The van der Waals surface area contributed by atoms with Crippen molar-refractivity contribution in [3.63, 3.8) is 0 Å². The molecule has 1 aliphatic carbocycles. The molecule has 1 aliphatic rings. The Hall–Kier alpha value is -2.06. The fourth-order valence-corrected chi connectivity index (χ4v) is 1.88. The summed E-state index contributed by atoms with van der Waals surface area (Å²) in [4.78, 5) is 11.9. The summed E-state index contributed by atoms with van der Waals surface area (Å²) in [5.41, 5.74) is 0.378. The minimum Gasteiger partial charge on any atom is -0.481 e. The van der Waals surface area contributed by atoms with Crippen LogP contribution in [0.4, 0.5) is 0 Å². The van der Waals surface area contributed by atoms with Crippen LogP contribution in [0.1, 0.15) is 25.3 Å². The molecule has 0 aliphatic heterocycles. The quantitative estimate of drug-likeness (QED) is 0.817. The molecular weight excluding hydrogens is 256 g/mol. The number of hydrogen-bond donors (Lipinski definition) is 2. The van der Waals surface area contributed by atoms with Crippen molar-refractivity contribution < 1.29 is 14.6 Å². The van der Waals surface area contributed by atoms with Gasteiger partial charge in [0.15, 0.2) is 6.10 Å². The van der Waals surface area contributed by atoms with Crippen LogP contribution in [0, 0.1) is 16.7 Å². The van der Waals surface area contributed by atoms with Gasteiger partial charge in [-0.3, -0.25) is 4.79 Å². The lowest BCUT2D eigenvalue weighted by atomic mass is 10.1. The molecule has 1 amide bonds. The van der Waals surface area contributed by atoms with Gasteiger partial charge in [0.25, 0.3) is 5.91 Å². The number of carbonyl (C=O) groups is 1. The van der Waals surface area contributed by atoms with Gasteiger partial charge in [-0.05, 0) is 38.0 Å². The SMILES string of the molecule is CC(Oc1cccc(C#N)c1)C(=O)NCC1(CO)CC1. The first-order chi connectivity index (χ1) is 9.58. The lowest BCUT2D eigenvalue weighted by Gasteiger charge is -2.17. The third kappa shape index (κ3) is 3.49. The highest BCUT2D eigenvalue weighted by molar-refractivity contribution is 5.80. The number of nitrogens with zero attached hydrogens (tertiary/aromatic N) is 1. The van der Waals surface area contributed by atoms with E-state index < -0.39 is 6.10 Å². The van der Waals surface area contributed by atoms with Crippen LogP contribution in [-0.4, -0.2) is 30.3 Å². The van der Waals surface area contributed by atoms with Crippen molar-refractivity contribution in [2.75, 3.05) is 13.2 Å². The van der Waals surface area contributed by atoms with Crippen LogP contribution in [0.5, 0.6) is 5.75 Å². The van der Waals surface area contributed by atoms with Gasteiger partial charge in [-0.1, -0.05) is 6.07 Å². The Labute approximate surface area is 118 Å². The van der Waals surface area contributed by atoms with E-state index in [9.17, 15) is 9.90 Å². The molecule has 1 unspecified atom stereocenters. The van der Waals surface area contributed by atoms with Gasteiger partial charge in [0, 0.05) is 12.0 Å². The molecule has 1 fully saturated rings. The molecule has 2 N–H and O–H groups in total. The Morgan fingerprint density at radius 2 is 2.35 bits per heavy atom. The Balaban J connectivity index is 1.86. The average molecular weight is 274 g/mol. The minimum absolute atomic E-state index is 0.104. The van der Waals surface area contributed by atoms with Crippen molar-refractivity contribution in [3.8, 4) is 11.8 Å². The molecule has 20 heavy (non-hydrogen) atoms. The van der Waals surface area contributed by atoms with E-state index in [1.54, 1.807) is 31.2 Å². The zero-order valence-electron chi connectivity index (χ0n) is 11.4. The van der Waals surface area contributed by atoms with E-state index in [0.717, 1.165) is 12.8 Å². The van der Waals surface area contributed by atoms with Crippen molar-refractivity contribution in [2.45, 2.75) is 25.9 Å². The minimum atomic E-state index is -0.640. The van der Waals surface area contributed by atoms with Crippen LogP contribution in [0.3, 0.4) is 0 Å². The summed E-state index contributed by atoms with van der Waals surface area (Å²) >= 11 is 0. The lowest BCUT2D eigenvalue weighted by Crippen LogP contribution is -2.40. The molecule has 0 bridgehead atoms. The van der Waals surface area contributed by atoms with Crippen molar-refractivity contribution in [1.29, 1.82) is 5.26 Å². The van der Waals surface area contributed by atoms with E-state index in [1.165, 1.54) is 0 Å². The number of nitrogens with one attached hydrogen (secondary N) is 1. The second kappa shape index (κ2) is 5.93. The molecule has 5 nitrogen and oxygen atoms in total. The van der Waals surface area contributed by atoms with Crippen LogP contribution in [0.25, 0.3) is 0 Å². The first kappa shape index (κ1) is 14.4. The predicted molar refractivity (Wildman–Crippen MR) is 73.0 cm³/mol. The number of rotatable bonds is 6. The molecule has 1 aromatic rings. The fourth-order valence-electron chi connectivity index (χ4n) is 1.88. The smallest absolute Gasteiger partial charge is 0.260 e. The molecule has 0 heterocycles. The lowest BCUT2D eigenvalue weighted by molar-refractivity contribution is -0.127. The third-order valence-corrected chi connectivity index (χ3v) is 3.58. The van der Waals surface area contributed by atoms with Crippen molar-refractivity contribution in [1.82, 2.24) is 5.32 Å². The number of amides is 1. The van der Waals surface area contributed by atoms with E-state index in [-0.39, 0.29) is 17.9 Å². The number of benzene rings is 1. The highest BCUT2D eigenvalue weighted by Crippen LogP contribution is 2.44. The van der Waals surface area contributed by atoms with E-state index >= 15 is 0 Å². The number of carbonyl (C=O) groups excluding carboxylic acids is 1.